The monoisotopic (exact) mass is 342 g/mol. The van der Waals surface area contributed by atoms with E-state index in [1.165, 1.54) is 18.9 Å². The highest BCUT2D eigenvalue weighted by atomic mass is 79.9. The molecule has 0 amide bonds. The van der Waals surface area contributed by atoms with Crippen molar-refractivity contribution in [2.24, 2.45) is 5.92 Å². The average Bonchev–Trinajstić information content (AvgIpc) is 2.44. The van der Waals surface area contributed by atoms with Gasteiger partial charge in [0, 0.05) is 35.8 Å². The molecule has 110 valence electrons. The van der Waals surface area contributed by atoms with Crippen LogP contribution in [0.4, 0.5) is 5.69 Å². The van der Waals surface area contributed by atoms with E-state index in [0.717, 1.165) is 18.4 Å². The number of nitrogens with zero attached hydrogens (tertiary/aromatic N) is 1. The molecule has 20 heavy (non-hydrogen) atoms. The average molecular weight is 343 g/mol. The third-order valence-corrected chi connectivity index (χ3v) is 4.32. The molecule has 2 unspecified atom stereocenters. The molecule has 1 aliphatic carbocycles. The number of benzene rings is 1. The molecule has 0 aliphatic heterocycles. The highest BCUT2D eigenvalue weighted by molar-refractivity contribution is 9.10. The minimum absolute atomic E-state index is 0.0959. The summed E-state index contributed by atoms with van der Waals surface area (Å²) >= 11 is 3.30. The quantitative estimate of drug-likeness (QED) is 0.637. The van der Waals surface area contributed by atoms with Crippen LogP contribution < -0.4 is 5.32 Å². The van der Waals surface area contributed by atoms with Crippen molar-refractivity contribution in [3.63, 3.8) is 0 Å². The number of halogens is 1. The van der Waals surface area contributed by atoms with Crippen molar-refractivity contribution in [3.8, 4) is 0 Å². The Morgan fingerprint density at radius 2 is 2.10 bits per heavy atom. The molecule has 5 nitrogen and oxygen atoms in total. The summed E-state index contributed by atoms with van der Waals surface area (Å²) < 4.78 is 0.714. The topological polar surface area (TPSA) is 75.4 Å². The third-order valence-electron chi connectivity index (χ3n) is 3.87. The normalized spacial score (nSPS) is 22.7. The van der Waals surface area contributed by atoms with E-state index < -0.39 is 0 Å². The molecule has 0 radical (unpaired) electrons. The van der Waals surface area contributed by atoms with Crippen LogP contribution in [0.5, 0.6) is 0 Å². The smallest absolute Gasteiger partial charge is 0.270 e. The molecule has 0 saturated heterocycles. The summed E-state index contributed by atoms with van der Waals surface area (Å²) in [6.45, 7) is 0.789. The lowest BCUT2D eigenvalue weighted by Gasteiger charge is -2.31. The van der Waals surface area contributed by atoms with E-state index in [0.29, 0.717) is 23.0 Å². The predicted molar refractivity (Wildman–Crippen MR) is 80.5 cm³/mol. The van der Waals surface area contributed by atoms with Crippen LogP contribution in [0.3, 0.4) is 0 Å². The Labute approximate surface area is 126 Å². The van der Waals surface area contributed by atoms with Crippen LogP contribution in [-0.2, 0) is 6.54 Å². The van der Waals surface area contributed by atoms with Crippen molar-refractivity contribution in [2.45, 2.75) is 38.3 Å². The Bertz CT molecular complexity index is 481. The van der Waals surface area contributed by atoms with Crippen LogP contribution in [0.15, 0.2) is 22.7 Å². The van der Waals surface area contributed by atoms with Gasteiger partial charge in [-0.1, -0.05) is 28.8 Å². The molecule has 2 atom stereocenters. The fourth-order valence-electron chi connectivity index (χ4n) is 2.78. The maximum atomic E-state index is 10.8. The molecule has 0 spiro atoms. The highest BCUT2D eigenvalue weighted by Gasteiger charge is 2.23. The molecule has 1 fully saturated rings. The zero-order chi connectivity index (χ0) is 14.5. The third kappa shape index (κ3) is 4.01. The lowest BCUT2D eigenvalue weighted by molar-refractivity contribution is -0.385. The number of aliphatic hydroxyl groups excluding tert-OH is 1. The summed E-state index contributed by atoms with van der Waals surface area (Å²) in [6, 6.07) is 5.28. The maximum absolute atomic E-state index is 10.8. The van der Waals surface area contributed by atoms with Gasteiger partial charge in [-0.05, 0) is 30.4 Å². The SMILES string of the molecule is O=[N+]([O-])c1cc(Br)cc(CNC2CCCCC2CO)c1. The Morgan fingerprint density at radius 3 is 2.80 bits per heavy atom. The van der Waals surface area contributed by atoms with Gasteiger partial charge in [-0.3, -0.25) is 10.1 Å². The number of non-ortho nitro benzene ring substituents is 1. The van der Waals surface area contributed by atoms with Crippen LogP contribution in [0.2, 0.25) is 0 Å². The van der Waals surface area contributed by atoms with Gasteiger partial charge in [-0.15, -0.1) is 0 Å². The Balaban J connectivity index is 2.01. The molecule has 0 heterocycles. The molecule has 1 aromatic carbocycles. The first-order chi connectivity index (χ1) is 9.60. The minimum Gasteiger partial charge on any atom is -0.396 e. The Hall–Kier alpha value is -0.980. The molecule has 0 aromatic heterocycles. The van der Waals surface area contributed by atoms with Gasteiger partial charge in [0.25, 0.3) is 5.69 Å². The van der Waals surface area contributed by atoms with Crippen LogP contribution in [0, 0.1) is 16.0 Å². The second-order valence-electron chi connectivity index (χ2n) is 5.29. The molecule has 6 heteroatoms. The van der Waals surface area contributed by atoms with Gasteiger partial charge >= 0.3 is 0 Å². The van der Waals surface area contributed by atoms with Crippen molar-refractivity contribution < 1.29 is 10.0 Å². The Morgan fingerprint density at radius 1 is 1.35 bits per heavy atom. The number of nitro groups is 1. The van der Waals surface area contributed by atoms with Gasteiger partial charge in [0.15, 0.2) is 0 Å². The summed E-state index contributed by atoms with van der Waals surface area (Å²) in [7, 11) is 0. The van der Waals surface area contributed by atoms with Crippen LogP contribution in [0.1, 0.15) is 31.2 Å². The van der Waals surface area contributed by atoms with Crippen molar-refractivity contribution in [2.75, 3.05) is 6.61 Å². The predicted octanol–water partition coefficient (Wildman–Crippen LogP) is 3.00. The number of nitro benzene ring substituents is 1. The summed E-state index contributed by atoms with van der Waals surface area (Å²) in [4.78, 5) is 10.5. The van der Waals surface area contributed by atoms with Crippen molar-refractivity contribution in [3.05, 3.63) is 38.3 Å². The van der Waals surface area contributed by atoms with E-state index in [-0.39, 0.29) is 17.2 Å². The molecule has 2 N–H and O–H groups in total. The van der Waals surface area contributed by atoms with Crippen molar-refractivity contribution in [1.29, 1.82) is 0 Å². The van der Waals surface area contributed by atoms with Gasteiger partial charge in [0.05, 0.1) is 4.92 Å². The first-order valence-electron chi connectivity index (χ1n) is 6.88. The first-order valence-corrected chi connectivity index (χ1v) is 7.67. The lowest BCUT2D eigenvalue weighted by atomic mass is 9.85. The van der Waals surface area contributed by atoms with E-state index in [1.54, 1.807) is 6.07 Å². The summed E-state index contributed by atoms with van der Waals surface area (Å²) in [5, 5.41) is 23.7. The highest BCUT2D eigenvalue weighted by Crippen LogP contribution is 2.25. The molecule has 1 aromatic rings. The van der Waals surface area contributed by atoms with Gasteiger partial charge in [-0.2, -0.15) is 0 Å². The lowest BCUT2D eigenvalue weighted by Crippen LogP contribution is -2.39. The fraction of sp³-hybridized carbons (Fsp3) is 0.571. The van der Waals surface area contributed by atoms with E-state index in [2.05, 4.69) is 21.2 Å². The molecular formula is C14H19BrN2O3. The number of nitrogens with one attached hydrogen (secondary N) is 1. The van der Waals surface area contributed by atoms with Crippen LogP contribution >= 0.6 is 15.9 Å². The molecule has 2 rings (SSSR count). The Kier molecular flexibility index (Phi) is 5.51. The number of rotatable bonds is 5. The fourth-order valence-corrected chi connectivity index (χ4v) is 3.31. The van der Waals surface area contributed by atoms with E-state index >= 15 is 0 Å². The van der Waals surface area contributed by atoms with Gasteiger partial charge in [0.1, 0.15) is 0 Å². The van der Waals surface area contributed by atoms with E-state index in [1.807, 2.05) is 6.07 Å². The first kappa shape index (κ1) is 15.4. The zero-order valence-corrected chi connectivity index (χ0v) is 12.8. The number of hydrogen-bond acceptors (Lipinski definition) is 4. The largest absolute Gasteiger partial charge is 0.396 e. The maximum Gasteiger partial charge on any atom is 0.270 e. The molecule has 0 bridgehead atoms. The van der Waals surface area contributed by atoms with Crippen LogP contribution in [-0.4, -0.2) is 22.7 Å². The minimum atomic E-state index is -0.384. The summed E-state index contributed by atoms with van der Waals surface area (Å²) in [5.41, 5.74) is 0.979. The van der Waals surface area contributed by atoms with Crippen molar-refractivity contribution >= 4 is 21.6 Å². The summed E-state index contributed by atoms with van der Waals surface area (Å²) in [5.74, 6) is 0.297. The number of aliphatic hydroxyl groups is 1. The van der Waals surface area contributed by atoms with E-state index in [4.69, 9.17) is 0 Å². The molecule has 1 saturated carbocycles. The van der Waals surface area contributed by atoms with Crippen LogP contribution in [0.25, 0.3) is 0 Å². The number of hydrogen-bond donors (Lipinski definition) is 2. The van der Waals surface area contributed by atoms with Gasteiger partial charge < -0.3 is 10.4 Å². The molecule has 1 aliphatic rings. The van der Waals surface area contributed by atoms with Gasteiger partial charge in [0.2, 0.25) is 0 Å². The second-order valence-corrected chi connectivity index (χ2v) is 6.20. The molecular weight excluding hydrogens is 324 g/mol. The van der Waals surface area contributed by atoms with E-state index in [9.17, 15) is 15.2 Å². The standard InChI is InChI=1S/C14H19BrN2O3/c15-12-5-10(6-13(7-12)17(19)20)8-16-14-4-2-1-3-11(14)9-18/h5-7,11,14,16,18H,1-4,8-9H2. The summed E-state index contributed by atoms with van der Waals surface area (Å²) in [6.07, 6.45) is 4.45. The van der Waals surface area contributed by atoms with Gasteiger partial charge in [-0.25, -0.2) is 0 Å². The van der Waals surface area contributed by atoms with Crippen molar-refractivity contribution in [1.82, 2.24) is 5.32 Å². The zero-order valence-electron chi connectivity index (χ0n) is 11.2. The second kappa shape index (κ2) is 7.15.